The first-order valence-corrected chi connectivity index (χ1v) is 11.6. The van der Waals surface area contributed by atoms with Gasteiger partial charge in [-0.2, -0.15) is 0 Å². The molecule has 0 radical (unpaired) electrons. The highest BCUT2D eigenvalue weighted by atomic mass is 19.1. The second-order valence-corrected chi connectivity index (χ2v) is 8.56. The van der Waals surface area contributed by atoms with Gasteiger partial charge in [0.05, 0.1) is 25.0 Å². The molecule has 2 N–H and O–H groups in total. The number of hydrogen-bond donors (Lipinski definition) is 1. The Kier molecular flexibility index (Phi) is 7.52. The lowest BCUT2D eigenvalue weighted by Gasteiger charge is -2.36. The zero-order valence-electron chi connectivity index (χ0n) is 19.4. The maximum absolute atomic E-state index is 14.9. The molecule has 2 aromatic rings. The molecule has 182 valence electrons. The van der Waals surface area contributed by atoms with Gasteiger partial charge in [0.1, 0.15) is 17.7 Å². The van der Waals surface area contributed by atoms with Crippen LogP contribution in [0.5, 0.6) is 5.75 Å². The molecule has 2 aromatic carbocycles. The lowest BCUT2D eigenvalue weighted by Crippen LogP contribution is -2.49. The summed E-state index contributed by atoms with van der Waals surface area (Å²) in [7, 11) is 1.64. The number of carbonyl (C=O) groups is 2. The Labute approximate surface area is 199 Å². The summed E-state index contributed by atoms with van der Waals surface area (Å²) < 4.78 is 25.2. The number of cyclic esters (lactones) is 1. The van der Waals surface area contributed by atoms with Crippen LogP contribution in [0.2, 0.25) is 0 Å². The Morgan fingerprint density at radius 3 is 2.50 bits per heavy atom. The molecule has 0 unspecified atom stereocenters. The molecule has 2 heterocycles. The van der Waals surface area contributed by atoms with E-state index in [2.05, 4.69) is 0 Å². The molecule has 2 amide bonds. The lowest BCUT2D eigenvalue weighted by atomic mass is 10.1. The second kappa shape index (κ2) is 10.7. The highest BCUT2D eigenvalue weighted by molar-refractivity contribution is 5.90. The van der Waals surface area contributed by atoms with E-state index in [-0.39, 0.29) is 18.6 Å². The molecule has 1 atom stereocenters. The van der Waals surface area contributed by atoms with Gasteiger partial charge >= 0.3 is 6.09 Å². The Morgan fingerprint density at radius 2 is 1.88 bits per heavy atom. The number of hydrogen-bond acceptors (Lipinski definition) is 6. The van der Waals surface area contributed by atoms with Crippen LogP contribution in [0.1, 0.15) is 18.4 Å². The number of methoxy groups -OCH3 is 1. The van der Waals surface area contributed by atoms with Crippen molar-refractivity contribution in [2.45, 2.75) is 25.4 Å². The largest absolute Gasteiger partial charge is 0.497 e. The maximum atomic E-state index is 14.9. The monoisotopic (exact) mass is 470 g/mol. The zero-order chi connectivity index (χ0) is 24.1. The lowest BCUT2D eigenvalue weighted by molar-refractivity contribution is -0.131. The minimum absolute atomic E-state index is 0.131. The molecule has 9 heteroatoms. The van der Waals surface area contributed by atoms with Crippen molar-refractivity contribution in [2.24, 2.45) is 5.73 Å². The van der Waals surface area contributed by atoms with Gasteiger partial charge in [0.15, 0.2) is 0 Å². The molecule has 2 aliphatic rings. The summed E-state index contributed by atoms with van der Waals surface area (Å²) in [6, 6.07) is 12.6. The van der Waals surface area contributed by atoms with E-state index in [1.54, 1.807) is 19.2 Å². The third kappa shape index (κ3) is 5.41. The van der Waals surface area contributed by atoms with Crippen LogP contribution in [0.25, 0.3) is 0 Å². The van der Waals surface area contributed by atoms with E-state index >= 15 is 0 Å². The second-order valence-electron chi connectivity index (χ2n) is 8.56. The summed E-state index contributed by atoms with van der Waals surface area (Å²) in [5.41, 5.74) is 7.67. The van der Waals surface area contributed by atoms with Crippen molar-refractivity contribution >= 4 is 23.4 Å². The molecule has 8 nitrogen and oxygen atoms in total. The number of carbonyl (C=O) groups excluding carboxylic acids is 2. The van der Waals surface area contributed by atoms with Crippen LogP contribution in [0, 0.1) is 5.82 Å². The quantitative estimate of drug-likeness (QED) is 0.638. The van der Waals surface area contributed by atoms with Gasteiger partial charge in [0.25, 0.3) is 0 Å². The molecule has 0 saturated carbocycles. The van der Waals surface area contributed by atoms with Gasteiger partial charge in [-0.3, -0.25) is 9.69 Å². The fraction of sp³-hybridized carbons (Fsp3) is 0.440. The molecule has 2 fully saturated rings. The van der Waals surface area contributed by atoms with E-state index in [1.807, 2.05) is 34.1 Å². The number of ether oxygens (including phenoxy) is 2. The van der Waals surface area contributed by atoms with Gasteiger partial charge in [0, 0.05) is 39.1 Å². The van der Waals surface area contributed by atoms with Gasteiger partial charge in [-0.1, -0.05) is 12.1 Å². The number of piperazine rings is 1. The molecule has 4 rings (SSSR count). The molecular weight excluding hydrogens is 439 g/mol. The van der Waals surface area contributed by atoms with E-state index in [1.165, 1.54) is 16.5 Å². The predicted octanol–water partition coefficient (Wildman–Crippen LogP) is 2.79. The maximum Gasteiger partial charge on any atom is 0.414 e. The first kappa shape index (κ1) is 23.8. The van der Waals surface area contributed by atoms with Gasteiger partial charge in [0.2, 0.25) is 5.91 Å². The smallest absolute Gasteiger partial charge is 0.414 e. The third-order valence-electron chi connectivity index (χ3n) is 6.37. The molecule has 0 aliphatic carbocycles. The van der Waals surface area contributed by atoms with Crippen LogP contribution >= 0.6 is 0 Å². The van der Waals surface area contributed by atoms with E-state index in [0.717, 1.165) is 18.6 Å². The first-order chi connectivity index (χ1) is 16.5. The number of benzene rings is 2. The highest BCUT2D eigenvalue weighted by Gasteiger charge is 2.32. The predicted molar refractivity (Wildman–Crippen MR) is 128 cm³/mol. The van der Waals surface area contributed by atoms with Crippen molar-refractivity contribution in [1.82, 2.24) is 4.90 Å². The van der Waals surface area contributed by atoms with E-state index < -0.39 is 11.9 Å². The summed E-state index contributed by atoms with van der Waals surface area (Å²) in [4.78, 5) is 29.8. The van der Waals surface area contributed by atoms with Gasteiger partial charge in [-0.05, 0) is 48.7 Å². The van der Waals surface area contributed by atoms with Gasteiger partial charge < -0.3 is 25.0 Å². The Morgan fingerprint density at radius 1 is 1.15 bits per heavy atom. The minimum atomic E-state index is -0.512. The number of halogens is 1. The van der Waals surface area contributed by atoms with E-state index in [0.29, 0.717) is 50.5 Å². The fourth-order valence-corrected chi connectivity index (χ4v) is 4.37. The van der Waals surface area contributed by atoms with Crippen molar-refractivity contribution in [3.05, 3.63) is 53.8 Å². The Bertz CT molecular complexity index is 1010. The molecule has 0 aromatic heterocycles. The van der Waals surface area contributed by atoms with E-state index in [9.17, 15) is 14.0 Å². The molecule has 2 aliphatic heterocycles. The zero-order valence-corrected chi connectivity index (χ0v) is 19.4. The van der Waals surface area contributed by atoms with Crippen LogP contribution < -0.4 is 20.3 Å². The van der Waals surface area contributed by atoms with Crippen molar-refractivity contribution in [2.75, 3.05) is 56.2 Å². The van der Waals surface area contributed by atoms with Crippen molar-refractivity contribution in [3.8, 4) is 5.75 Å². The molecule has 34 heavy (non-hydrogen) atoms. The van der Waals surface area contributed by atoms with Gasteiger partial charge in [-0.15, -0.1) is 0 Å². The minimum Gasteiger partial charge on any atom is -0.497 e. The third-order valence-corrected chi connectivity index (χ3v) is 6.37. The van der Waals surface area contributed by atoms with Crippen LogP contribution in [0.3, 0.4) is 0 Å². The Balaban J connectivity index is 1.26. The number of nitrogens with zero attached hydrogens (tertiary/aromatic N) is 3. The summed E-state index contributed by atoms with van der Waals surface area (Å²) in [5, 5.41) is 0. The van der Waals surface area contributed by atoms with Crippen LogP contribution in [-0.2, 0) is 16.0 Å². The van der Waals surface area contributed by atoms with Crippen molar-refractivity contribution in [1.29, 1.82) is 0 Å². The van der Waals surface area contributed by atoms with Crippen LogP contribution in [0.4, 0.5) is 20.6 Å². The normalized spacial score (nSPS) is 18.3. The average molecular weight is 471 g/mol. The number of anilines is 2. The topological polar surface area (TPSA) is 88.3 Å². The van der Waals surface area contributed by atoms with E-state index in [4.69, 9.17) is 15.2 Å². The number of aryl methyl sites for hydroxylation is 1. The van der Waals surface area contributed by atoms with Crippen LogP contribution in [0.15, 0.2) is 42.5 Å². The fourth-order valence-electron chi connectivity index (χ4n) is 4.37. The standard InChI is InChI=1S/C25H31FN4O4/c1-33-20-8-5-18(6-9-20)3-2-4-24(31)29-13-11-28(12-14-29)23-10-7-19(15-22(23)26)30-17-21(16-27)34-25(30)32/h5-10,15,21H,2-4,11-14,16-17,27H2,1H3/t21-/m0/s1. The van der Waals surface area contributed by atoms with Crippen molar-refractivity contribution < 1.29 is 23.5 Å². The van der Waals surface area contributed by atoms with Crippen molar-refractivity contribution in [3.63, 3.8) is 0 Å². The number of amides is 2. The number of nitrogens with two attached hydrogens (primary N) is 1. The molecular formula is C25H31FN4O4. The SMILES string of the molecule is COc1ccc(CCCC(=O)N2CCN(c3ccc(N4C[C@H](CN)OC4=O)cc3F)CC2)cc1. The number of rotatable bonds is 8. The molecule has 2 saturated heterocycles. The first-order valence-electron chi connectivity index (χ1n) is 11.6. The average Bonchev–Trinajstić information content (AvgIpc) is 3.25. The Hall–Kier alpha value is -3.33. The molecule has 0 bridgehead atoms. The summed E-state index contributed by atoms with van der Waals surface area (Å²) in [5.74, 6) is 0.550. The summed E-state index contributed by atoms with van der Waals surface area (Å²) in [6.45, 7) is 2.77. The molecule has 0 spiro atoms. The highest BCUT2D eigenvalue weighted by Crippen LogP contribution is 2.28. The summed E-state index contributed by atoms with van der Waals surface area (Å²) in [6.07, 6.45) is 1.22. The van der Waals surface area contributed by atoms with Gasteiger partial charge in [-0.25, -0.2) is 9.18 Å². The van der Waals surface area contributed by atoms with Crippen LogP contribution in [-0.4, -0.2) is 69.4 Å². The summed E-state index contributed by atoms with van der Waals surface area (Å²) >= 11 is 0.